The zero-order valence-corrected chi connectivity index (χ0v) is 15.9. The Morgan fingerprint density at radius 3 is 2.73 bits per heavy atom. The lowest BCUT2D eigenvalue weighted by Crippen LogP contribution is -2.39. The van der Waals surface area contributed by atoms with E-state index < -0.39 is 16.1 Å². The lowest BCUT2D eigenvalue weighted by molar-refractivity contribution is -0.127. The minimum Gasteiger partial charge on any atom is -0.495 e. The number of carbonyl (C=O) groups excluding carboxylic acids is 2. The highest BCUT2D eigenvalue weighted by Crippen LogP contribution is 2.28. The number of hydrogen-bond acceptors (Lipinski definition) is 5. The molecule has 1 aromatic rings. The van der Waals surface area contributed by atoms with Gasteiger partial charge in [-0.3, -0.25) is 9.52 Å². The number of nitrogens with zero attached hydrogens (tertiary/aromatic N) is 1. The van der Waals surface area contributed by atoms with Gasteiger partial charge in [0.25, 0.3) is 0 Å². The number of hydrogen-bond donors (Lipinski definition) is 3. The molecule has 0 aliphatic carbocycles. The van der Waals surface area contributed by atoms with Gasteiger partial charge in [-0.05, 0) is 24.6 Å². The van der Waals surface area contributed by atoms with Crippen molar-refractivity contribution in [1.29, 1.82) is 0 Å². The summed E-state index contributed by atoms with van der Waals surface area (Å²) in [6.07, 6.45) is 2.17. The highest BCUT2D eigenvalue weighted by molar-refractivity contribution is 7.92. The number of carbonyl (C=O) groups is 2. The van der Waals surface area contributed by atoms with Gasteiger partial charge in [-0.25, -0.2) is 13.2 Å². The van der Waals surface area contributed by atoms with Crippen LogP contribution in [0.5, 0.6) is 5.75 Å². The first kappa shape index (κ1) is 19.8. The quantitative estimate of drug-likeness (QED) is 0.653. The van der Waals surface area contributed by atoms with E-state index in [0.29, 0.717) is 24.5 Å². The van der Waals surface area contributed by atoms with Gasteiger partial charge in [-0.15, -0.1) is 0 Å². The summed E-state index contributed by atoms with van der Waals surface area (Å²) in [7, 11) is -2.07. The van der Waals surface area contributed by atoms with Gasteiger partial charge in [0.05, 0.1) is 25.1 Å². The molecule has 0 aromatic heterocycles. The number of anilines is 2. The van der Waals surface area contributed by atoms with Crippen LogP contribution in [0.4, 0.5) is 16.2 Å². The number of benzene rings is 1. The Hall–Kier alpha value is -2.49. The smallest absolute Gasteiger partial charge is 0.319 e. The van der Waals surface area contributed by atoms with Gasteiger partial charge in [-0.1, -0.05) is 6.92 Å². The summed E-state index contributed by atoms with van der Waals surface area (Å²) in [5.41, 5.74) is 0.613. The van der Waals surface area contributed by atoms with Crippen LogP contribution in [0.15, 0.2) is 18.2 Å². The van der Waals surface area contributed by atoms with Crippen molar-refractivity contribution in [2.45, 2.75) is 25.8 Å². The molecule has 1 saturated heterocycles. The number of nitrogens with one attached hydrogen (secondary N) is 3. The predicted octanol–water partition coefficient (Wildman–Crippen LogP) is 1.20. The van der Waals surface area contributed by atoms with Crippen LogP contribution >= 0.6 is 0 Å². The van der Waals surface area contributed by atoms with Crippen molar-refractivity contribution in [1.82, 2.24) is 10.2 Å². The Morgan fingerprint density at radius 1 is 1.38 bits per heavy atom. The third kappa shape index (κ3) is 5.51. The van der Waals surface area contributed by atoms with Crippen LogP contribution in [-0.4, -0.2) is 57.8 Å². The monoisotopic (exact) mass is 384 g/mol. The van der Waals surface area contributed by atoms with Gasteiger partial charge in [0.1, 0.15) is 5.75 Å². The maximum absolute atomic E-state index is 12.2. The molecular formula is C16H24N4O5S. The molecule has 1 heterocycles. The van der Waals surface area contributed by atoms with Crippen LogP contribution in [0.3, 0.4) is 0 Å². The zero-order valence-electron chi connectivity index (χ0n) is 15.0. The summed E-state index contributed by atoms with van der Waals surface area (Å²) in [5.74, 6) is 0.360. The van der Waals surface area contributed by atoms with Gasteiger partial charge in [0.2, 0.25) is 15.9 Å². The first-order valence-electron chi connectivity index (χ1n) is 8.23. The van der Waals surface area contributed by atoms with Crippen LogP contribution in [0.1, 0.15) is 19.8 Å². The van der Waals surface area contributed by atoms with Crippen molar-refractivity contribution in [2.75, 3.05) is 36.5 Å². The second kappa shape index (κ2) is 8.26. The molecule has 3 amide bonds. The normalized spacial score (nSPS) is 17.1. The topological polar surface area (TPSA) is 117 Å². The van der Waals surface area contributed by atoms with Crippen LogP contribution in [0, 0.1) is 0 Å². The van der Waals surface area contributed by atoms with E-state index >= 15 is 0 Å². The molecule has 1 aliphatic rings. The van der Waals surface area contributed by atoms with E-state index in [1.807, 2.05) is 6.92 Å². The molecule has 2 rings (SSSR count). The van der Waals surface area contributed by atoms with Gasteiger partial charge in [0.15, 0.2) is 0 Å². The number of sulfonamides is 1. The maximum atomic E-state index is 12.2. The molecule has 1 aromatic carbocycles. The molecule has 0 radical (unpaired) electrons. The summed E-state index contributed by atoms with van der Waals surface area (Å²) >= 11 is 0. The molecular weight excluding hydrogens is 360 g/mol. The SMILES string of the molecule is CCCN1C[C@@H](NC(=O)Nc2ccc(OC)c(NS(C)(=O)=O)c2)CC1=O. The Morgan fingerprint density at radius 2 is 2.12 bits per heavy atom. The largest absolute Gasteiger partial charge is 0.495 e. The van der Waals surface area contributed by atoms with E-state index in [-0.39, 0.29) is 24.1 Å². The van der Waals surface area contributed by atoms with E-state index in [4.69, 9.17) is 4.74 Å². The van der Waals surface area contributed by atoms with Crippen molar-refractivity contribution in [3.05, 3.63) is 18.2 Å². The third-order valence-corrected chi connectivity index (χ3v) is 4.39. The minimum absolute atomic E-state index is 0.0289. The number of ether oxygens (including phenoxy) is 1. The molecule has 0 bridgehead atoms. The Balaban J connectivity index is 2.01. The fourth-order valence-corrected chi connectivity index (χ4v) is 3.33. The van der Waals surface area contributed by atoms with E-state index in [1.54, 1.807) is 17.0 Å². The number of urea groups is 1. The van der Waals surface area contributed by atoms with Gasteiger partial charge in [0, 0.05) is 25.2 Å². The lowest BCUT2D eigenvalue weighted by atomic mass is 10.2. The fourth-order valence-electron chi connectivity index (χ4n) is 2.77. The Labute approximate surface area is 153 Å². The van der Waals surface area contributed by atoms with Crippen molar-refractivity contribution in [3.8, 4) is 5.75 Å². The average molecular weight is 384 g/mol. The van der Waals surface area contributed by atoms with Crippen molar-refractivity contribution < 1.29 is 22.7 Å². The summed E-state index contributed by atoms with van der Waals surface area (Å²) in [5, 5.41) is 5.40. The molecule has 1 atom stereocenters. The van der Waals surface area contributed by atoms with E-state index in [0.717, 1.165) is 12.7 Å². The van der Waals surface area contributed by atoms with Crippen molar-refractivity contribution >= 4 is 33.3 Å². The number of rotatable bonds is 7. The molecule has 3 N–H and O–H groups in total. The first-order chi connectivity index (χ1) is 12.2. The molecule has 0 unspecified atom stereocenters. The molecule has 0 saturated carbocycles. The van der Waals surface area contributed by atoms with E-state index in [2.05, 4.69) is 15.4 Å². The molecule has 0 spiro atoms. The first-order valence-corrected chi connectivity index (χ1v) is 10.1. The molecule has 10 heteroatoms. The van der Waals surface area contributed by atoms with Crippen LogP contribution in [0.2, 0.25) is 0 Å². The van der Waals surface area contributed by atoms with Crippen LogP contribution in [-0.2, 0) is 14.8 Å². The molecule has 9 nitrogen and oxygen atoms in total. The fraction of sp³-hybridized carbons (Fsp3) is 0.500. The minimum atomic E-state index is -3.49. The van der Waals surface area contributed by atoms with Crippen LogP contribution < -0.4 is 20.1 Å². The lowest BCUT2D eigenvalue weighted by Gasteiger charge is -2.17. The molecule has 26 heavy (non-hydrogen) atoms. The highest BCUT2D eigenvalue weighted by Gasteiger charge is 2.29. The Kier molecular flexibility index (Phi) is 6.30. The predicted molar refractivity (Wildman–Crippen MR) is 98.9 cm³/mol. The second-order valence-electron chi connectivity index (χ2n) is 6.13. The third-order valence-electron chi connectivity index (χ3n) is 3.80. The summed E-state index contributed by atoms with van der Waals surface area (Å²) in [6, 6.07) is 3.89. The van der Waals surface area contributed by atoms with E-state index in [1.165, 1.54) is 13.2 Å². The maximum Gasteiger partial charge on any atom is 0.319 e. The van der Waals surface area contributed by atoms with Crippen molar-refractivity contribution in [2.24, 2.45) is 0 Å². The Bertz CT molecular complexity index is 781. The highest BCUT2D eigenvalue weighted by atomic mass is 32.2. The molecule has 1 fully saturated rings. The number of methoxy groups -OCH3 is 1. The molecule has 1 aliphatic heterocycles. The standard InChI is InChI=1S/C16H24N4O5S/c1-4-7-20-10-12(9-15(20)21)18-16(22)17-11-5-6-14(25-2)13(8-11)19-26(3,23)24/h5-6,8,12,19H,4,7,9-10H2,1-3H3,(H2,17,18,22)/t12-/m0/s1. The average Bonchev–Trinajstić information content (AvgIpc) is 2.85. The summed E-state index contributed by atoms with van der Waals surface area (Å²) in [6.45, 7) is 3.16. The summed E-state index contributed by atoms with van der Waals surface area (Å²) < 4.78 is 30.3. The number of amides is 3. The number of likely N-dealkylation sites (tertiary alicyclic amines) is 1. The van der Waals surface area contributed by atoms with Crippen molar-refractivity contribution in [3.63, 3.8) is 0 Å². The van der Waals surface area contributed by atoms with Gasteiger partial charge < -0.3 is 20.3 Å². The van der Waals surface area contributed by atoms with E-state index in [9.17, 15) is 18.0 Å². The zero-order chi connectivity index (χ0) is 19.3. The van der Waals surface area contributed by atoms with Gasteiger partial charge in [-0.2, -0.15) is 0 Å². The second-order valence-corrected chi connectivity index (χ2v) is 7.88. The molecule has 144 valence electrons. The summed E-state index contributed by atoms with van der Waals surface area (Å²) in [4.78, 5) is 25.7. The van der Waals surface area contributed by atoms with Crippen LogP contribution in [0.25, 0.3) is 0 Å². The van der Waals surface area contributed by atoms with Gasteiger partial charge >= 0.3 is 6.03 Å².